The van der Waals surface area contributed by atoms with Crippen molar-refractivity contribution in [1.29, 1.82) is 0 Å². The average molecular weight is 416 g/mol. The van der Waals surface area contributed by atoms with Crippen molar-refractivity contribution >= 4 is 5.65 Å². The molecule has 0 spiro atoms. The third-order valence-corrected chi connectivity index (χ3v) is 5.04. The minimum atomic E-state index is 0.00486. The maximum absolute atomic E-state index is 5.74. The zero-order valence-electron chi connectivity index (χ0n) is 17.3. The van der Waals surface area contributed by atoms with Crippen LogP contribution in [0.4, 0.5) is 0 Å². The summed E-state index contributed by atoms with van der Waals surface area (Å²) in [5, 5.41) is 4.76. The number of benzene rings is 2. The lowest BCUT2D eigenvalue weighted by Gasteiger charge is -2.19. The van der Waals surface area contributed by atoms with Gasteiger partial charge in [-0.1, -0.05) is 18.2 Å². The fourth-order valence-electron chi connectivity index (χ4n) is 3.56. The molecular weight excluding hydrogens is 392 g/mol. The molecule has 0 unspecified atom stereocenters. The molecule has 1 aliphatic rings. The normalized spacial score (nSPS) is 13.9. The van der Waals surface area contributed by atoms with Crippen LogP contribution < -0.4 is 19.9 Å². The summed E-state index contributed by atoms with van der Waals surface area (Å²) in [6.45, 7) is 3.55. The van der Waals surface area contributed by atoms with Crippen LogP contribution in [0.2, 0.25) is 0 Å². The highest BCUT2D eigenvalue weighted by molar-refractivity contribution is 5.66. The number of hydrogen-bond donors (Lipinski definition) is 1. The fraction of sp³-hybridized carbons (Fsp3) is 0.250. The molecular formula is C24H24N4O3. The van der Waals surface area contributed by atoms with E-state index in [1.165, 1.54) is 0 Å². The first-order chi connectivity index (χ1) is 15.2. The van der Waals surface area contributed by atoms with Gasteiger partial charge in [0.05, 0.1) is 5.69 Å². The van der Waals surface area contributed by atoms with Crippen molar-refractivity contribution in [3.63, 3.8) is 0 Å². The number of ether oxygens (including phenoxy) is 3. The first kappa shape index (κ1) is 19.4. The smallest absolute Gasteiger partial charge is 0.162 e. The highest BCUT2D eigenvalue weighted by Gasteiger charge is 2.15. The summed E-state index contributed by atoms with van der Waals surface area (Å²) < 4.78 is 18.9. The summed E-state index contributed by atoms with van der Waals surface area (Å²) in [5.74, 6) is 3.10. The zero-order chi connectivity index (χ0) is 21.2. The van der Waals surface area contributed by atoms with Crippen LogP contribution in [-0.2, 0) is 6.42 Å². The van der Waals surface area contributed by atoms with Gasteiger partial charge in [0.25, 0.3) is 0 Å². The minimum Gasteiger partial charge on any atom is -0.492 e. The maximum Gasteiger partial charge on any atom is 0.162 e. The second-order valence-corrected chi connectivity index (χ2v) is 7.68. The Morgan fingerprint density at radius 3 is 2.65 bits per heavy atom. The van der Waals surface area contributed by atoms with E-state index in [1.54, 1.807) is 0 Å². The van der Waals surface area contributed by atoms with Gasteiger partial charge in [0.2, 0.25) is 0 Å². The number of rotatable bonds is 6. The average Bonchev–Trinajstić information content (AvgIpc) is 3.20. The number of nitrogens with two attached hydrogens (primary N) is 1. The lowest BCUT2D eigenvalue weighted by atomic mass is 10.1. The second-order valence-electron chi connectivity index (χ2n) is 7.68. The number of nitrogens with zero attached hydrogens (tertiary/aromatic N) is 3. The van der Waals surface area contributed by atoms with Crippen LogP contribution in [0.15, 0.2) is 60.7 Å². The van der Waals surface area contributed by atoms with Crippen molar-refractivity contribution in [2.45, 2.75) is 19.4 Å². The Morgan fingerprint density at radius 1 is 1.03 bits per heavy atom. The van der Waals surface area contributed by atoms with E-state index >= 15 is 0 Å². The van der Waals surface area contributed by atoms with Gasteiger partial charge in [-0.2, -0.15) is 5.10 Å². The van der Waals surface area contributed by atoms with E-state index < -0.39 is 0 Å². The molecule has 2 N–H and O–H groups in total. The first-order valence-electron chi connectivity index (χ1n) is 10.4. The molecule has 5 rings (SSSR count). The molecule has 4 aromatic rings. The number of fused-ring (bicyclic) bond motifs is 2. The molecule has 0 saturated heterocycles. The van der Waals surface area contributed by atoms with Gasteiger partial charge in [0.1, 0.15) is 25.6 Å². The monoisotopic (exact) mass is 416 g/mol. The Bertz CT molecular complexity index is 1200. The number of hydrogen-bond acceptors (Lipinski definition) is 6. The van der Waals surface area contributed by atoms with E-state index in [2.05, 4.69) is 0 Å². The van der Waals surface area contributed by atoms with E-state index in [4.69, 9.17) is 30.0 Å². The summed E-state index contributed by atoms with van der Waals surface area (Å²) in [5.41, 5.74) is 9.61. The van der Waals surface area contributed by atoms with Crippen LogP contribution in [-0.4, -0.2) is 40.5 Å². The highest BCUT2D eigenvalue weighted by Crippen LogP contribution is 2.34. The summed E-state index contributed by atoms with van der Waals surface area (Å²) in [6, 6.07) is 19.9. The zero-order valence-corrected chi connectivity index (χ0v) is 17.3. The lowest BCUT2D eigenvalue weighted by Crippen LogP contribution is -2.23. The molecule has 0 amide bonds. The maximum atomic E-state index is 5.74. The van der Waals surface area contributed by atoms with Crippen molar-refractivity contribution in [2.75, 3.05) is 19.8 Å². The van der Waals surface area contributed by atoms with Crippen molar-refractivity contribution < 1.29 is 14.2 Å². The van der Waals surface area contributed by atoms with E-state index in [0.717, 1.165) is 45.5 Å². The second kappa shape index (κ2) is 8.28. The topological polar surface area (TPSA) is 83.9 Å². The van der Waals surface area contributed by atoms with Gasteiger partial charge >= 0.3 is 0 Å². The SMILES string of the molecule is C[C@H](N)COc1ccc(Cc2nc3cccc(-c4ccc5c(c4)OCCO5)n3n2)cc1. The van der Waals surface area contributed by atoms with Gasteiger partial charge in [-0.15, -0.1) is 0 Å². The summed E-state index contributed by atoms with van der Waals surface area (Å²) in [7, 11) is 0. The molecule has 0 saturated carbocycles. The molecule has 0 radical (unpaired) electrons. The van der Waals surface area contributed by atoms with Crippen molar-refractivity contribution in [3.8, 4) is 28.5 Å². The molecule has 31 heavy (non-hydrogen) atoms. The van der Waals surface area contributed by atoms with Crippen LogP contribution in [0.5, 0.6) is 17.2 Å². The summed E-state index contributed by atoms with van der Waals surface area (Å²) in [6.07, 6.45) is 0.635. The van der Waals surface area contributed by atoms with Gasteiger partial charge in [0, 0.05) is 18.0 Å². The molecule has 7 heteroatoms. The Labute approximate surface area is 180 Å². The van der Waals surface area contributed by atoms with Gasteiger partial charge in [0.15, 0.2) is 23.0 Å². The van der Waals surface area contributed by atoms with Crippen molar-refractivity contribution in [3.05, 3.63) is 72.1 Å². The highest BCUT2D eigenvalue weighted by atomic mass is 16.6. The fourth-order valence-corrected chi connectivity index (χ4v) is 3.56. The third-order valence-electron chi connectivity index (χ3n) is 5.04. The van der Waals surface area contributed by atoms with Crippen molar-refractivity contribution in [1.82, 2.24) is 14.6 Å². The largest absolute Gasteiger partial charge is 0.492 e. The van der Waals surface area contributed by atoms with Gasteiger partial charge in [-0.25, -0.2) is 9.50 Å². The quantitative estimate of drug-likeness (QED) is 0.518. The van der Waals surface area contributed by atoms with Crippen molar-refractivity contribution in [2.24, 2.45) is 5.73 Å². The number of aromatic nitrogens is 3. The molecule has 2 aromatic heterocycles. The molecule has 0 bridgehead atoms. The number of pyridine rings is 1. The first-order valence-corrected chi connectivity index (χ1v) is 10.4. The van der Waals surface area contributed by atoms with E-state index in [0.29, 0.717) is 26.2 Å². The molecule has 7 nitrogen and oxygen atoms in total. The molecule has 0 aliphatic carbocycles. The van der Waals surface area contributed by atoms with E-state index in [-0.39, 0.29) is 6.04 Å². The Hall–Kier alpha value is -3.58. The molecule has 0 fully saturated rings. The van der Waals surface area contributed by atoms with Crippen LogP contribution >= 0.6 is 0 Å². The Morgan fingerprint density at radius 2 is 1.84 bits per heavy atom. The molecule has 1 atom stereocenters. The Balaban J connectivity index is 1.40. The predicted octanol–water partition coefficient (Wildman–Crippen LogP) is 3.48. The molecule has 1 aliphatic heterocycles. The lowest BCUT2D eigenvalue weighted by molar-refractivity contribution is 0.171. The van der Waals surface area contributed by atoms with E-state index in [9.17, 15) is 0 Å². The van der Waals surface area contributed by atoms with Crippen LogP contribution in [0.25, 0.3) is 16.9 Å². The predicted molar refractivity (Wildman–Crippen MR) is 118 cm³/mol. The van der Waals surface area contributed by atoms with Gasteiger partial charge in [-0.05, 0) is 55.0 Å². The standard InChI is InChI=1S/C24H24N4O3/c1-16(25)15-31-19-8-5-17(6-9-19)13-23-26-24-4-2-3-20(28(24)27-23)18-7-10-21-22(14-18)30-12-11-29-21/h2-10,14,16H,11-13,15,25H2,1H3/t16-/m0/s1. The van der Waals surface area contributed by atoms with Gasteiger partial charge in [-0.3, -0.25) is 0 Å². The summed E-state index contributed by atoms with van der Waals surface area (Å²) >= 11 is 0. The third kappa shape index (κ3) is 4.18. The van der Waals surface area contributed by atoms with Crippen LogP contribution in [0.3, 0.4) is 0 Å². The van der Waals surface area contributed by atoms with Gasteiger partial charge < -0.3 is 19.9 Å². The molecule has 3 heterocycles. The van der Waals surface area contributed by atoms with Crippen LogP contribution in [0, 0.1) is 0 Å². The molecule has 158 valence electrons. The minimum absolute atomic E-state index is 0.00486. The Kier molecular flexibility index (Phi) is 5.18. The summed E-state index contributed by atoms with van der Waals surface area (Å²) in [4.78, 5) is 4.71. The van der Waals surface area contributed by atoms with Crippen LogP contribution in [0.1, 0.15) is 18.3 Å². The van der Waals surface area contributed by atoms with E-state index in [1.807, 2.05) is 72.1 Å². The molecule has 2 aromatic carbocycles.